The van der Waals surface area contributed by atoms with Gasteiger partial charge in [0.05, 0.1) is 22.4 Å². The highest BCUT2D eigenvalue weighted by Crippen LogP contribution is 2.31. The van der Waals surface area contributed by atoms with Crippen LogP contribution in [0.5, 0.6) is 0 Å². The fourth-order valence-electron chi connectivity index (χ4n) is 2.30. The van der Waals surface area contributed by atoms with E-state index in [9.17, 15) is 14.4 Å². The Morgan fingerprint density at radius 2 is 1.67 bits per heavy atom. The molecule has 3 N–H and O–H groups in total. The normalized spacial score (nSPS) is 13.4. The van der Waals surface area contributed by atoms with Crippen LogP contribution in [-0.2, 0) is 0 Å². The number of anilines is 2. The van der Waals surface area contributed by atoms with E-state index in [0.717, 1.165) is 4.90 Å². The third-order valence-corrected chi connectivity index (χ3v) is 3.32. The van der Waals surface area contributed by atoms with E-state index in [2.05, 4.69) is 0 Å². The molecular weight excluding hydrogens is 272 g/mol. The molecule has 0 aromatic heterocycles. The second-order valence-corrected chi connectivity index (χ2v) is 4.57. The number of nitrogen functional groups attached to an aromatic ring is 1. The van der Waals surface area contributed by atoms with Crippen molar-refractivity contribution in [2.24, 2.45) is 0 Å². The molecule has 0 radical (unpaired) electrons. The summed E-state index contributed by atoms with van der Waals surface area (Å²) in [5, 5.41) is 8.86. The van der Waals surface area contributed by atoms with Gasteiger partial charge in [-0.05, 0) is 36.4 Å². The van der Waals surface area contributed by atoms with Gasteiger partial charge in [-0.3, -0.25) is 9.59 Å². The average molecular weight is 282 g/mol. The summed E-state index contributed by atoms with van der Waals surface area (Å²) >= 11 is 0. The Morgan fingerprint density at radius 1 is 1.00 bits per heavy atom. The van der Waals surface area contributed by atoms with E-state index in [-0.39, 0.29) is 22.4 Å². The summed E-state index contributed by atoms with van der Waals surface area (Å²) in [6.45, 7) is 0. The number of nitrogens with zero attached hydrogens (tertiary/aromatic N) is 1. The second kappa shape index (κ2) is 4.45. The maximum absolute atomic E-state index is 12.4. The number of amides is 2. The number of carbonyl (C=O) groups is 3. The molecule has 21 heavy (non-hydrogen) atoms. The Hall–Kier alpha value is -3.15. The molecule has 2 aromatic carbocycles. The molecule has 1 aliphatic heterocycles. The Balaban J connectivity index is 2.06. The predicted octanol–water partition coefficient (Wildman–Crippen LogP) is 1.77. The summed E-state index contributed by atoms with van der Waals surface area (Å²) in [5.41, 5.74) is 6.82. The number of imide groups is 1. The van der Waals surface area contributed by atoms with E-state index in [1.165, 1.54) is 30.3 Å². The SMILES string of the molecule is Nc1cccc2c1C(=O)N(c1ccc(C(=O)O)cc1)C2=O. The third-order valence-electron chi connectivity index (χ3n) is 3.32. The minimum absolute atomic E-state index is 0.0786. The van der Waals surface area contributed by atoms with Gasteiger partial charge in [-0.15, -0.1) is 0 Å². The lowest BCUT2D eigenvalue weighted by molar-refractivity contribution is 0.0696. The lowest BCUT2D eigenvalue weighted by Crippen LogP contribution is -2.29. The molecule has 0 unspecified atom stereocenters. The maximum atomic E-state index is 12.4. The average Bonchev–Trinajstić information content (AvgIpc) is 2.72. The maximum Gasteiger partial charge on any atom is 0.335 e. The summed E-state index contributed by atoms with van der Waals surface area (Å²) < 4.78 is 0. The smallest absolute Gasteiger partial charge is 0.335 e. The zero-order chi connectivity index (χ0) is 15.1. The molecule has 0 spiro atoms. The van der Waals surface area contributed by atoms with Gasteiger partial charge < -0.3 is 10.8 Å². The van der Waals surface area contributed by atoms with Gasteiger partial charge in [0.2, 0.25) is 0 Å². The van der Waals surface area contributed by atoms with Gasteiger partial charge in [-0.25, -0.2) is 9.69 Å². The number of carboxylic acid groups (broad SMARTS) is 1. The first-order valence-electron chi connectivity index (χ1n) is 6.11. The van der Waals surface area contributed by atoms with Crippen molar-refractivity contribution in [2.45, 2.75) is 0 Å². The van der Waals surface area contributed by atoms with Gasteiger partial charge in [0.1, 0.15) is 0 Å². The molecule has 6 nitrogen and oxygen atoms in total. The van der Waals surface area contributed by atoms with Crippen molar-refractivity contribution in [3.8, 4) is 0 Å². The Bertz CT molecular complexity index is 781. The minimum Gasteiger partial charge on any atom is -0.478 e. The van der Waals surface area contributed by atoms with Crippen molar-refractivity contribution < 1.29 is 19.5 Å². The number of carboxylic acids is 1. The molecule has 2 amide bonds. The lowest BCUT2D eigenvalue weighted by atomic mass is 10.1. The van der Waals surface area contributed by atoms with Crippen molar-refractivity contribution in [2.75, 3.05) is 10.6 Å². The first kappa shape index (κ1) is 12.9. The van der Waals surface area contributed by atoms with Gasteiger partial charge >= 0.3 is 5.97 Å². The van der Waals surface area contributed by atoms with Crippen molar-refractivity contribution in [1.82, 2.24) is 0 Å². The van der Waals surface area contributed by atoms with E-state index in [4.69, 9.17) is 10.8 Å². The van der Waals surface area contributed by atoms with Crippen LogP contribution in [0.4, 0.5) is 11.4 Å². The molecule has 2 aromatic rings. The van der Waals surface area contributed by atoms with Gasteiger partial charge in [0, 0.05) is 5.69 Å². The monoisotopic (exact) mass is 282 g/mol. The molecule has 0 atom stereocenters. The van der Waals surface area contributed by atoms with Crippen LogP contribution < -0.4 is 10.6 Å². The summed E-state index contributed by atoms with van der Waals surface area (Å²) in [4.78, 5) is 36.5. The molecule has 1 heterocycles. The molecule has 1 aliphatic rings. The van der Waals surface area contributed by atoms with Crippen LogP contribution >= 0.6 is 0 Å². The highest BCUT2D eigenvalue weighted by Gasteiger charge is 2.37. The van der Waals surface area contributed by atoms with E-state index in [1.807, 2.05) is 0 Å². The molecule has 0 saturated carbocycles. The first-order valence-corrected chi connectivity index (χ1v) is 6.11. The molecular formula is C15H10N2O4. The van der Waals surface area contributed by atoms with Crippen LogP contribution in [0.3, 0.4) is 0 Å². The molecule has 6 heteroatoms. The molecule has 0 saturated heterocycles. The van der Waals surface area contributed by atoms with Crippen molar-refractivity contribution in [3.05, 3.63) is 59.2 Å². The van der Waals surface area contributed by atoms with Gasteiger partial charge in [0.15, 0.2) is 0 Å². The number of nitrogens with two attached hydrogens (primary N) is 1. The molecule has 104 valence electrons. The van der Waals surface area contributed by atoms with Crippen molar-refractivity contribution in [3.63, 3.8) is 0 Å². The van der Waals surface area contributed by atoms with Gasteiger partial charge in [0.25, 0.3) is 11.8 Å². The number of aromatic carboxylic acids is 1. The van der Waals surface area contributed by atoms with Crippen molar-refractivity contribution >= 4 is 29.2 Å². The predicted molar refractivity (Wildman–Crippen MR) is 75.4 cm³/mol. The number of carbonyl (C=O) groups excluding carboxylic acids is 2. The van der Waals surface area contributed by atoms with Gasteiger partial charge in [-0.2, -0.15) is 0 Å². The fraction of sp³-hybridized carbons (Fsp3) is 0. The summed E-state index contributed by atoms with van der Waals surface area (Å²) in [6.07, 6.45) is 0. The Kier molecular flexibility index (Phi) is 2.72. The van der Waals surface area contributed by atoms with Crippen molar-refractivity contribution in [1.29, 1.82) is 0 Å². The fourth-order valence-corrected chi connectivity index (χ4v) is 2.30. The van der Waals surface area contributed by atoms with Crippen LogP contribution in [0, 0.1) is 0 Å². The number of hydrogen-bond donors (Lipinski definition) is 2. The number of fused-ring (bicyclic) bond motifs is 1. The second-order valence-electron chi connectivity index (χ2n) is 4.57. The molecule has 0 fully saturated rings. The Labute approximate surface area is 119 Å². The molecule has 0 bridgehead atoms. The summed E-state index contributed by atoms with van der Waals surface area (Å²) in [6, 6.07) is 10.2. The summed E-state index contributed by atoms with van der Waals surface area (Å²) in [5.74, 6) is -2.05. The minimum atomic E-state index is -1.08. The molecule has 3 rings (SSSR count). The third kappa shape index (κ3) is 1.85. The van der Waals surface area contributed by atoms with E-state index in [0.29, 0.717) is 5.69 Å². The van der Waals surface area contributed by atoms with Crippen LogP contribution in [0.15, 0.2) is 42.5 Å². The van der Waals surface area contributed by atoms with E-state index in [1.54, 1.807) is 12.1 Å². The lowest BCUT2D eigenvalue weighted by Gasteiger charge is -2.13. The quantitative estimate of drug-likeness (QED) is 0.645. The van der Waals surface area contributed by atoms with Gasteiger partial charge in [-0.1, -0.05) is 6.07 Å². The van der Waals surface area contributed by atoms with Crippen LogP contribution in [0.25, 0.3) is 0 Å². The molecule has 0 aliphatic carbocycles. The number of rotatable bonds is 2. The van der Waals surface area contributed by atoms with Crippen LogP contribution in [0.2, 0.25) is 0 Å². The Morgan fingerprint density at radius 3 is 2.24 bits per heavy atom. The van der Waals surface area contributed by atoms with Crippen LogP contribution in [0.1, 0.15) is 31.1 Å². The highest BCUT2D eigenvalue weighted by atomic mass is 16.4. The van der Waals surface area contributed by atoms with E-state index < -0.39 is 17.8 Å². The zero-order valence-corrected chi connectivity index (χ0v) is 10.7. The largest absolute Gasteiger partial charge is 0.478 e. The zero-order valence-electron chi connectivity index (χ0n) is 10.7. The standard InChI is InChI=1S/C15H10N2O4/c16-11-3-1-2-10-12(11)14(19)17(13(10)18)9-6-4-8(5-7-9)15(20)21/h1-7H,16H2,(H,20,21). The van der Waals surface area contributed by atoms with E-state index >= 15 is 0 Å². The van der Waals surface area contributed by atoms with Crippen LogP contribution in [-0.4, -0.2) is 22.9 Å². The number of hydrogen-bond acceptors (Lipinski definition) is 4. The topological polar surface area (TPSA) is 101 Å². The first-order chi connectivity index (χ1) is 10.0. The number of benzene rings is 2. The highest BCUT2D eigenvalue weighted by molar-refractivity contribution is 6.35. The summed E-state index contributed by atoms with van der Waals surface area (Å²) in [7, 11) is 0.